The van der Waals surface area contributed by atoms with Crippen LogP contribution in [-0.4, -0.2) is 26.2 Å². The van der Waals surface area contributed by atoms with Crippen molar-refractivity contribution in [2.45, 2.75) is 64.7 Å². The summed E-state index contributed by atoms with van der Waals surface area (Å²) in [7, 11) is 0. The van der Waals surface area contributed by atoms with Crippen LogP contribution in [0.25, 0.3) is 11.5 Å². The molecule has 6 nitrogen and oxygen atoms in total. The number of Topliss-reactive ketones (excluding diaryl/α,β-unsaturated/α-hetero) is 1. The highest BCUT2D eigenvalue weighted by molar-refractivity contribution is 9.10. The lowest BCUT2D eigenvalue weighted by Crippen LogP contribution is -2.52. The van der Waals surface area contributed by atoms with Gasteiger partial charge in [-0.1, -0.05) is 50.0 Å². The zero-order valence-electron chi connectivity index (χ0n) is 19.9. The number of phenols is 2. The summed E-state index contributed by atoms with van der Waals surface area (Å²) in [6.45, 7) is 8.18. The summed E-state index contributed by atoms with van der Waals surface area (Å²) >= 11 is 3.45. The predicted molar refractivity (Wildman–Crippen MR) is 132 cm³/mol. The lowest BCUT2D eigenvalue weighted by Gasteiger charge is -2.53. The maximum Gasteiger partial charge on any atom is 0.247 e. The molecule has 0 spiro atoms. The van der Waals surface area contributed by atoms with Crippen LogP contribution in [0.3, 0.4) is 0 Å². The molecule has 178 valence electrons. The van der Waals surface area contributed by atoms with Crippen LogP contribution >= 0.6 is 15.9 Å². The first-order valence-corrected chi connectivity index (χ1v) is 12.6. The van der Waals surface area contributed by atoms with Gasteiger partial charge in [0.15, 0.2) is 17.3 Å². The van der Waals surface area contributed by atoms with Gasteiger partial charge in [0.25, 0.3) is 0 Å². The topological polar surface area (TPSA) is 96.5 Å². The normalized spacial score (nSPS) is 23.6. The molecule has 1 fully saturated rings. The number of ketones is 1. The minimum Gasteiger partial charge on any atom is -0.504 e. The third-order valence-corrected chi connectivity index (χ3v) is 8.42. The van der Waals surface area contributed by atoms with Gasteiger partial charge < -0.3 is 14.6 Å². The standard InChI is InChI=1S/C27H29BrN2O4/c1-14(2)17-12-18-19(31)13-20-26(3,4)10-5-11-27(20,21(18)23(33)22(17)32)25-30-29-24(34-25)15-6-8-16(28)9-7-15/h6-9,12,14,20,32-33H,5,10-11,13H2,1-4H3/t20-,27+/m0/s1. The average Bonchev–Trinajstić information content (AvgIpc) is 3.27. The molecule has 0 aliphatic heterocycles. The van der Waals surface area contributed by atoms with Crippen molar-refractivity contribution >= 4 is 21.7 Å². The molecule has 2 aromatic carbocycles. The summed E-state index contributed by atoms with van der Waals surface area (Å²) in [4.78, 5) is 13.4. The Labute approximate surface area is 207 Å². The van der Waals surface area contributed by atoms with Gasteiger partial charge in [-0.05, 0) is 60.4 Å². The van der Waals surface area contributed by atoms with E-state index >= 15 is 0 Å². The number of hydrogen-bond acceptors (Lipinski definition) is 6. The van der Waals surface area contributed by atoms with Crippen LogP contribution in [0.2, 0.25) is 0 Å². The Hall–Kier alpha value is -2.67. The molecule has 3 aromatic rings. The van der Waals surface area contributed by atoms with Crippen LogP contribution < -0.4 is 0 Å². The zero-order chi connectivity index (χ0) is 24.4. The van der Waals surface area contributed by atoms with Crippen LogP contribution in [0.15, 0.2) is 39.2 Å². The fourth-order valence-electron chi connectivity index (χ4n) is 6.15. The quantitative estimate of drug-likeness (QED) is 0.368. The fourth-order valence-corrected chi connectivity index (χ4v) is 6.41. The summed E-state index contributed by atoms with van der Waals surface area (Å²) in [5.74, 6) is 0.160. The molecule has 0 radical (unpaired) electrons. The number of hydrogen-bond donors (Lipinski definition) is 2. The van der Waals surface area contributed by atoms with E-state index < -0.39 is 5.41 Å². The van der Waals surface area contributed by atoms with Gasteiger partial charge in [-0.3, -0.25) is 4.79 Å². The molecule has 1 heterocycles. The monoisotopic (exact) mass is 524 g/mol. The Balaban J connectivity index is 1.78. The van der Waals surface area contributed by atoms with Gasteiger partial charge >= 0.3 is 0 Å². The van der Waals surface area contributed by atoms with Crippen molar-refractivity contribution in [2.75, 3.05) is 0 Å². The van der Waals surface area contributed by atoms with Crippen molar-refractivity contribution in [1.82, 2.24) is 10.2 Å². The second-order valence-electron chi connectivity index (χ2n) is 10.7. The number of phenolic OH excluding ortho intramolecular Hbond substituents is 2. The van der Waals surface area contributed by atoms with Gasteiger partial charge in [0.1, 0.15) is 0 Å². The van der Waals surface area contributed by atoms with E-state index in [1.54, 1.807) is 6.07 Å². The molecule has 7 heteroatoms. The Morgan fingerprint density at radius 3 is 2.47 bits per heavy atom. The highest BCUT2D eigenvalue weighted by Crippen LogP contribution is 2.63. The van der Waals surface area contributed by atoms with E-state index in [1.165, 1.54) is 0 Å². The van der Waals surface area contributed by atoms with Gasteiger partial charge in [-0.2, -0.15) is 0 Å². The number of aromatic nitrogens is 2. The third-order valence-electron chi connectivity index (χ3n) is 7.89. The SMILES string of the molecule is CC(C)c1cc2c(c(O)c1O)[C@@]1(c3nnc(-c4ccc(Br)cc4)o3)CCCC(C)(C)[C@@H]1CC2=O. The maximum absolute atomic E-state index is 13.4. The van der Waals surface area contributed by atoms with E-state index in [2.05, 4.69) is 40.0 Å². The predicted octanol–water partition coefficient (Wildman–Crippen LogP) is 6.73. The van der Waals surface area contributed by atoms with Gasteiger partial charge in [0.05, 0.1) is 5.41 Å². The van der Waals surface area contributed by atoms with Crippen LogP contribution in [0, 0.1) is 11.3 Å². The average molecular weight is 525 g/mol. The molecule has 34 heavy (non-hydrogen) atoms. The number of nitrogens with zero attached hydrogens (tertiary/aromatic N) is 2. The molecule has 1 saturated carbocycles. The number of carbonyl (C=O) groups excluding carboxylic acids is 1. The van der Waals surface area contributed by atoms with E-state index in [0.717, 1.165) is 22.9 Å². The molecule has 0 saturated heterocycles. The smallest absolute Gasteiger partial charge is 0.247 e. The molecule has 0 bridgehead atoms. The van der Waals surface area contributed by atoms with Gasteiger partial charge in [0, 0.05) is 33.1 Å². The summed E-state index contributed by atoms with van der Waals surface area (Å²) < 4.78 is 7.27. The number of halogens is 1. The van der Waals surface area contributed by atoms with E-state index in [4.69, 9.17) is 4.42 Å². The maximum atomic E-state index is 13.4. The second kappa shape index (κ2) is 7.94. The molecule has 5 rings (SSSR count). The van der Waals surface area contributed by atoms with E-state index in [-0.39, 0.29) is 34.5 Å². The van der Waals surface area contributed by atoms with Crippen molar-refractivity contribution in [1.29, 1.82) is 0 Å². The molecule has 0 amide bonds. The molecular formula is C27H29BrN2O4. The molecule has 2 aliphatic rings. The summed E-state index contributed by atoms with van der Waals surface area (Å²) in [6.07, 6.45) is 2.81. The van der Waals surface area contributed by atoms with Crippen LogP contribution in [0.5, 0.6) is 11.5 Å². The van der Waals surface area contributed by atoms with Crippen molar-refractivity contribution in [3.8, 4) is 23.0 Å². The first kappa shape index (κ1) is 23.1. The van der Waals surface area contributed by atoms with Gasteiger partial charge in [-0.25, -0.2) is 0 Å². The Kier molecular flexibility index (Phi) is 5.39. The molecular weight excluding hydrogens is 496 g/mol. The van der Waals surface area contributed by atoms with Crippen molar-refractivity contribution in [3.63, 3.8) is 0 Å². The summed E-state index contributed by atoms with van der Waals surface area (Å²) in [5, 5.41) is 31.2. The number of fused-ring (bicyclic) bond motifs is 3. The molecule has 2 atom stereocenters. The highest BCUT2D eigenvalue weighted by atomic mass is 79.9. The van der Waals surface area contributed by atoms with Crippen molar-refractivity contribution < 1.29 is 19.4 Å². The first-order valence-electron chi connectivity index (χ1n) is 11.8. The fraction of sp³-hybridized carbons (Fsp3) is 0.444. The number of carbonyl (C=O) groups is 1. The Morgan fingerprint density at radius 1 is 1.09 bits per heavy atom. The summed E-state index contributed by atoms with van der Waals surface area (Å²) in [5.41, 5.74) is 1.19. The second-order valence-corrected chi connectivity index (χ2v) is 11.6. The van der Waals surface area contributed by atoms with Gasteiger partial charge in [0.2, 0.25) is 11.8 Å². The molecule has 2 N–H and O–H groups in total. The number of aromatic hydroxyl groups is 2. The van der Waals surface area contributed by atoms with Crippen LogP contribution in [-0.2, 0) is 5.41 Å². The van der Waals surface area contributed by atoms with E-state index in [0.29, 0.717) is 41.3 Å². The van der Waals surface area contributed by atoms with Crippen LogP contribution in [0.4, 0.5) is 0 Å². The van der Waals surface area contributed by atoms with Crippen molar-refractivity contribution in [3.05, 3.63) is 57.4 Å². The minimum atomic E-state index is -0.858. The van der Waals surface area contributed by atoms with E-state index in [9.17, 15) is 15.0 Å². The Bertz CT molecular complexity index is 1280. The minimum absolute atomic E-state index is 0.0181. The van der Waals surface area contributed by atoms with Crippen LogP contribution in [0.1, 0.15) is 86.7 Å². The molecule has 2 aliphatic carbocycles. The molecule has 1 aromatic heterocycles. The Morgan fingerprint density at radius 2 is 1.79 bits per heavy atom. The van der Waals surface area contributed by atoms with Gasteiger partial charge in [-0.15, -0.1) is 10.2 Å². The lowest BCUT2D eigenvalue weighted by molar-refractivity contribution is 0.0337. The molecule has 0 unspecified atom stereocenters. The number of benzene rings is 2. The van der Waals surface area contributed by atoms with Crippen molar-refractivity contribution in [2.24, 2.45) is 11.3 Å². The first-order chi connectivity index (χ1) is 16.1. The zero-order valence-corrected chi connectivity index (χ0v) is 21.4. The summed E-state index contributed by atoms with van der Waals surface area (Å²) in [6, 6.07) is 9.38. The third kappa shape index (κ3) is 3.31. The number of rotatable bonds is 3. The highest BCUT2D eigenvalue weighted by Gasteiger charge is 2.60. The lowest BCUT2D eigenvalue weighted by atomic mass is 9.49. The largest absolute Gasteiger partial charge is 0.504 e. The van der Waals surface area contributed by atoms with E-state index in [1.807, 2.05) is 38.1 Å².